The quantitative estimate of drug-likeness (QED) is 0.353. The summed E-state index contributed by atoms with van der Waals surface area (Å²) in [6.45, 7) is 2.92. The highest BCUT2D eigenvalue weighted by atomic mass is 31.2. The number of urea groups is 1. The van der Waals surface area contributed by atoms with Crippen LogP contribution in [0.1, 0.15) is 13.8 Å². The van der Waals surface area contributed by atoms with Crippen molar-refractivity contribution < 1.29 is 33.4 Å². The van der Waals surface area contributed by atoms with Crippen LogP contribution in [-0.2, 0) is 18.8 Å². The molecular formula is C9H17N2O7P. The largest absolute Gasteiger partial charge is 0.335 e. The first-order chi connectivity index (χ1) is 8.49. The Hall–Kier alpha value is -0.990. The molecule has 1 fully saturated rings. The summed E-state index contributed by atoms with van der Waals surface area (Å²) in [5.74, 6) is -2.84. The summed E-state index contributed by atoms with van der Waals surface area (Å²) in [6.07, 6.45) is -0.956. The highest BCUT2D eigenvalue weighted by molar-refractivity contribution is 7.51. The summed E-state index contributed by atoms with van der Waals surface area (Å²) in [5, 5.41) is 2.38. The molecule has 0 aromatic carbocycles. The van der Waals surface area contributed by atoms with Gasteiger partial charge in [-0.15, -0.1) is 0 Å². The summed E-state index contributed by atoms with van der Waals surface area (Å²) in [4.78, 5) is 42.6. The predicted molar refractivity (Wildman–Crippen MR) is 63.1 cm³/mol. The molecule has 1 aliphatic heterocycles. The van der Waals surface area contributed by atoms with E-state index in [4.69, 9.17) is 19.3 Å². The molecule has 1 saturated heterocycles. The Labute approximate surface area is 110 Å². The van der Waals surface area contributed by atoms with E-state index < -0.39 is 37.1 Å². The topological polar surface area (TPSA) is 125 Å². The zero-order valence-electron chi connectivity index (χ0n) is 11.0. The van der Waals surface area contributed by atoms with Crippen molar-refractivity contribution in [2.75, 3.05) is 20.4 Å². The summed E-state index contributed by atoms with van der Waals surface area (Å²) < 4.78 is 21.0. The van der Waals surface area contributed by atoms with Gasteiger partial charge >= 0.3 is 13.6 Å². The number of rotatable bonds is 5. The van der Waals surface area contributed by atoms with E-state index in [1.54, 1.807) is 0 Å². The summed E-state index contributed by atoms with van der Waals surface area (Å²) in [7, 11) is -2.41. The van der Waals surface area contributed by atoms with Gasteiger partial charge in [0.2, 0.25) is 0 Å². The summed E-state index contributed by atoms with van der Waals surface area (Å²) >= 11 is 0. The van der Waals surface area contributed by atoms with Gasteiger partial charge in [-0.05, 0) is 13.8 Å². The Morgan fingerprint density at radius 2 is 1.79 bits per heavy atom. The Bertz CT molecular complexity index is 440. The molecule has 1 rings (SSSR count). The van der Waals surface area contributed by atoms with Crippen LogP contribution < -0.4 is 5.32 Å². The van der Waals surface area contributed by atoms with Crippen molar-refractivity contribution in [3.05, 3.63) is 0 Å². The highest BCUT2D eigenvalue weighted by Crippen LogP contribution is 2.42. The van der Waals surface area contributed by atoms with Crippen LogP contribution in [0.4, 0.5) is 4.79 Å². The molecule has 0 saturated carbocycles. The van der Waals surface area contributed by atoms with Crippen molar-refractivity contribution in [2.24, 2.45) is 0 Å². The molecule has 0 radical (unpaired) electrons. The standard InChI is InChI=1S/C9H17N2O7P/c1-8(2)6(12)11(7(13)10-8)9(17-3,18-4)5-19(14,15)16/h5H2,1-4H3,(H,10,13)(H2,14,15,16). The number of hydrogen-bond acceptors (Lipinski definition) is 5. The molecule has 3 N–H and O–H groups in total. The molecular weight excluding hydrogens is 279 g/mol. The number of imide groups is 1. The van der Waals surface area contributed by atoms with Crippen molar-refractivity contribution in [3.8, 4) is 0 Å². The third-order valence-corrected chi connectivity index (χ3v) is 3.56. The SMILES string of the molecule is COC(CP(=O)(O)O)(OC)N1C(=O)NC(C)(C)C1=O. The molecule has 10 heteroatoms. The lowest BCUT2D eigenvalue weighted by Crippen LogP contribution is -2.58. The van der Waals surface area contributed by atoms with Gasteiger partial charge in [0.15, 0.2) is 0 Å². The second kappa shape index (κ2) is 4.84. The van der Waals surface area contributed by atoms with E-state index >= 15 is 0 Å². The normalized spacial score (nSPS) is 19.8. The van der Waals surface area contributed by atoms with Crippen LogP contribution in [-0.4, -0.2) is 58.5 Å². The fourth-order valence-corrected chi connectivity index (χ4v) is 2.70. The minimum absolute atomic E-state index is 0.548. The van der Waals surface area contributed by atoms with E-state index in [1.165, 1.54) is 13.8 Å². The molecule has 0 aromatic rings. The maximum Gasteiger partial charge on any atom is 0.333 e. The Morgan fingerprint density at radius 3 is 2.05 bits per heavy atom. The number of nitrogens with one attached hydrogen (secondary N) is 1. The van der Waals surface area contributed by atoms with Gasteiger partial charge in [-0.2, -0.15) is 0 Å². The lowest BCUT2D eigenvalue weighted by molar-refractivity contribution is -0.257. The van der Waals surface area contributed by atoms with Crippen molar-refractivity contribution >= 4 is 19.5 Å². The molecule has 9 nitrogen and oxygen atoms in total. The lowest BCUT2D eigenvalue weighted by Gasteiger charge is -2.36. The minimum Gasteiger partial charge on any atom is -0.335 e. The smallest absolute Gasteiger partial charge is 0.333 e. The fourth-order valence-electron chi connectivity index (χ4n) is 1.78. The van der Waals surface area contributed by atoms with Crippen molar-refractivity contribution in [1.29, 1.82) is 0 Å². The number of nitrogens with zero attached hydrogens (tertiary/aromatic N) is 1. The average Bonchev–Trinajstić information content (AvgIpc) is 2.44. The number of carbonyl (C=O) groups is 2. The maximum absolute atomic E-state index is 12.1. The van der Waals surface area contributed by atoms with Crippen LogP contribution in [0.3, 0.4) is 0 Å². The van der Waals surface area contributed by atoms with E-state index in [2.05, 4.69) is 5.32 Å². The van der Waals surface area contributed by atoms with E-state index in [0.717, 1.165) is 14.2 Å². The number of ether oxygens (including phenoxy) is 2. The third-order valence-electron chi connectivity index (χ3n) is 2.74. The summed E-state index contributed by atoms with van der Waals surface area (Å²) in [5.41, 5.74) is -1.20. The van der Waals surface area contributed by atoms with E-state index in [9.17, 15) is 14.2 Å². The third kappa shape index (κ3) is 2.96. The van der Waals surface area contributed by atoms with Crippen LogP contribution >= 0.6 is 7.60 Å². The van der Waals surface area contributed by atoms with Crippen molar-refractivity contribution in [2.45, 2.75) is 25.3 Å². The van der Waals surface area contributed by atoms with Gasteiger partial charge in [0.05, 0.1) is 0 Å². The molecule has 19 heavy (non-hydrogen) atoms. The van der Waals surface area contributed by atoms with Gasteiger partial charge in [-0.3, -0.25) is 9.36 Å². The van der Waals surface area contributed by atoms with Gasteiger partial charge in [0, 0.05) is 14.2 Å². The molecule has 0 aromatic heterocycles. The van der Waals surface area contributed by atoms with Gasteiger partial charge in [-0.1, -0.05) is 0 Å². The van der Waals surface area contributed by atoms with Crippen LogP contribution in [0.25, 0.3) is 0 Å². The zero-order valence-corrected chi connectivity index (χ0v) is 11.9. The fraction of sp³-hybridized carbons (Fsp3) is 0.778. The van der Waals surface area contributed by atoms with Gasteiger partial charge in [-0.25, -0.2) is 9.69 Å². The first-order valence-electron chi connectivity index (χ1n) is 5.31. The van der Waals surface area contributed by atoms with E-state index in [1.807, 2.05) is 0 Å². The number of methoxy groups -OCH3 is 2. The van der Waals surface area contributed by atoms with Crippen LogP contribution in [0.5, 0.6) is 0 Å². The molecule has 3 amide bonds. The van der Waals surface area contributed by atoms with Crippen LogP contribution in [0.2, 0.25) is 0 Å². The second-order valence-corrected chi connectivity index (χ2v) is 6.29. The molecule has 0 aliphatic carbocycles. The van der Waals surface area contributed by atoms with Crippen molar-refractivity contribution in [3.63, 3.8) is 0 Å². The molecule has 0 bridgehead atoms. The first kappa shape index (κ1) is 16.1. The molecule has 0 atom stereocenters. The molecule has 110 valence electrons. The molecule has 1 heterocycles. The Kier molecular flexibility index (Phi) is 4.09. The number of carbonyl (C=O) groups excluding carboxylic acids is 2. The van der Waals surface area contributed by atoms with Crippen LogP contribution in [0, 0.1) is 0 Å². The van der Waals surface area contributed by atoms with E-state index in [0.29, 0.717) is 4.90 Å². The Balaban J connectivity index is 3.24. The Morgan fingerprint density at radius 1 is 1.32 bits per heavy atom. The van der Waals surface area contributed by atoms with E-state index in [-0.39, 0.29) is 0 Å². The zero-order chi connectivity index (χ0) is 15.1. The second-order valence-electron chi connectivity index (χ2n) is 4.64. The highest BCUT2D eigenvalue weighted by Gasteiger charge is 2.57. The van der Waals surface area contributed by atoms with Gasteiger partial charge in [0.25, 0.3) is 11.8 Å². The first-order valence-corrected chi connectivity index (χ1v) is 7.10. The monoisotopic (exact) mass is 296 g/mol. The maximum atomic E-state index is 12.1. The average molecular weight is 296 g/mol. The lowest BCUT2D eigenvalue weighted by atomic mass is 10.1. The van der Waals surface area contributed by atoms with Crippen molar-refractivity contribution in [1.82, 2.24) is 10.2 Å². The minimum atomic E-state index is -4.59. The van der Waals surface area contributed by atoms with Gasteiger partial charge in [0.1, 0.15) is 11.7 Å². The van der Waals surface area contributed by atoms with Gasteiger partial charge < -0.3 is 24.6 Å². The molecule has 0 spiro atoms. The predicted octanol–water partition coefficient (Wildman–Crippen LogP) is -0.559. The van der Waals surface area contributed by atoms with Crippen LogP contribution in [0.15, 0.2) is 0 Å². The molecule has 0 unspecified atom stereocenters. The number of hydrogen-bond donors (Lipinski definition) is 3. The molecule has 1 aliphatic rings. The summed E-state index contributed by atoms with van der Waals surface area (Å²) in [6, 6.07) is -0.841. The number of amides is 3.